The van der Waals surface area contributed by atoms with Gasteiger partial charge in [-0.1, -0.05) is 18.2 Å². The van der Waals surface area contributed by atoms with Crippen molar-refractivity contribution in [3.8, 4) is 0 Å². The Bertz CT molecular complexity index is 1170. The third-order valence-corrected chi connectivity index (χ3v) is 4.90. The van der Waals surface area contributed by atoms with Crippen molar-refractivity contribution in [2.45, 2.75) is 13.8 Å². The summed E-state index contributed by atoms with van der Waals surface area (Å²) in [6, 6.07) is 13.9. The molecule has 29 heavy (non-hydrogen) atoms. The van der Waals surface area contributed by atoms with E-state index in [1.54, 1.807) is 6.21 Å². The van der Waals surface area contributed by atoms with Crippen LogP contribution in [0.4, 0.5) is 11.5 Å². The number of furan rings is 1. The summed E-state index contributed by atoms with van der Waals surface area (Å²) in [6.45, 7) is 5.71. The standard InChI is InChI=1S/C22H23N5O2/c1-3-27(10-11-28)17-9-8-16(15(2)12-17)13-25-26-22-21-20(23-14-24-22)18-6-4-5-7-19(18)29-21/h4-9,12-14,28H,3,10-11H2,1-2H3,(H,23,24,26)/b25-13-. The summed E-state index contributed by atoms with van der Waals surface area (Å²) in [6.07, 6.45) is 3.26. The lowest BCUT2D eigenvalue weighted by atomic mass is 10.1. The smallest absolute Gasteiger partial charge is 0.197 e. The van der Waals surface area contributed by atoms with Gasteiger partial charge in [-0.3, -0.25) is 5.43 Å². The highest BCUT2D eigenvalue weighted by Gasteiger charge is 2.12. The Hall–Kier alpha value is -3.45. The van der Waals surface area contributed by atoms with E-state index in [9.17, 15) is 5.11 Å². The molecule has 7 heteroatoms. The molecule has 4 aromatic rings. The SMILES string of the molecule is CCN(CCO)c1ccc(/C=N\Nc2ncnc3c2oc2ccccc23)c(C)c1. The molecule has 0 saturated heterocycles. The number of hydrogen-bond donors (Lipinski definition) is 2. The van der Waals surface area contributed by atoms with Crippen LogP contribution in [-0.2, 0) is 0 Å². The molecule has 4 rings (SSSR count). The Morgan fingerprint density at radius 1 is 1.21 bits per heavy atom. The van der Waals surface area contributed by atoms with Crippen LogP contribution in [0.3, 0.4) is 0 Å². The Morgan fingerprint density at radius 3 is 2.86 bits per heavy atom. The third-order valence-electron chi connectivity index (χ3n) is 4.90. The van der Waals surface area contributed by atoms with Gasteiger partial charge in [0.25, 0.3) is 0 Å². The van der Waals surface area contributed by atoms with Crippen molar-refractivity contribution in [2.24, 2.45) is 5.10 Å². The van der Waals surface area contributed by atoms with Gasteiger partial charge in [0.2, 0.25) is 0 Å². The van der Waals surface area contributed by atoms with Crippen molar-refractivity contribution in [2.75, 3.05) is 30.0 Å². The summed E-state index contributed by atoms with van der Waals surface area (Å²) in [5.41, 5.74) is 8.27. The maximum Gasteiger partial charge on any atom is 0.197 e. The van der Waals surface area contributed by atoms with Crippen molar-refractivity contribution in [3.63, 3.8) is 0 Å². The summed E-state index contributed by atoms with van der Waals surface area (Å²) < 4.78 is 5.90. The third kappa shape index (κ3) is 3.77. The number of nitrogens with one attached hydrogen (secondary N) is 1. The van der Waals surface area contributed by atoms with Crippen molar-refractivity contribution in [1.82, 2.24) is 9.97 Å². The second-order valence-electron chi connectivity index (χ2n) is 6.71. The molecule has 0 unspecified atom stereocenters. The van der Waals surface area contributed by atoms with Crippen LogP contribution in [0.25, 0.3) is 22.1 Å². The first-order chi connectivity index (χ1) is 14.2. The molecule has 2 N–H and O–H groups in total. The second-order valence-corrected chi connectivity index (χ2v) is 6.71. The molecule has 0 aliphatic rings. The summed E-state index contributed by atoms with van der Waals surface area (Å²) >= 11 is 0. The monoisotopic (exact) mass is 389 g/mol. The van der Waals surface area contributed by atoms with Gasteiger partial charge in [0.15, 0.2) is 11.4 Å². The molecule has 0 aliphatic carbocycles. The van der Waals surface area contributed by atoms with Crippen LogP contribution >= 0.6 is 0 Å². The number of aryl methyl sites for hydroxylation is 1. The van der Waals surface area contributed by atoms with Crippen LogP contribution in [0.1, 0.15) is 18.1 Å². The lowest BCUT2D eigenvalue weighted by molar-refractivity contribution is 0.302. The second kappa shape index (κ2) is 8.28. The van der Waals surface area contributed by atoms with E-state index in [4.69, 9.17) is 4.42 Å². The number of hydrazone groups is 1. The van der Waals surface area contributed by atoms with Gasteiger partial charge in [-0.2, -0.15) is 5.10 Å². The van der Waals surface area contributed by atoms with E-state index in [1.807, 2.05) is 43.3 Å². The zero-order chi connectivity index (χ0) is 20.2. The minimum absolute atomic E-state index is 0.134. The minimum atomic E-state index is 0.134. The van der Waals surface area contributed by atoms with Crippen molar-refractivity contribution in [3.05, 3.63) is 59.9 Å². The summed E-state index contributed by atoms with van der Waals surface area (Å²) in [5, 5.41) is 14.5. The number of benzene rings is 2. The van der Waals surface area contributed by atoms with Crippen LogP contribution in [0.5, 0.6) is 0 Å². The minimum Gasteiger partial charge on any atom is -0.450 e. The summed E-state index contributed by atoms with van der Waals surface area (Å²) in [4.78, 5) is 10.7. The Kier molecular flexibility index (Phi) is 5.39. The van der Waals surface area contributed by atoms with E-state index >= 15 is 0 Å². The Labute approximate surface area is 168 Å². The first-order valence-electron chi connectivity index (χ1n) is 9.59. The molecule has 2 aromatic heterocycles. The molecule has 2 heterocycles. The molecule has 0 bridgehead atoms. The maximum absolute atomic E-state index is 9.21. The number of hydrogen-bond acceptors (Lipinski definition) is 7. The van der Waals surface area contributed by atoms with Crippen LogP contribution in [0, 0.1) is 6.92 Å². The van der Waals surface area contributed by atoms with E-state index in [0.29, 0.717) is 17.9 Å². The van der Waals surface area contributed by atoms with Gasteiger partial charge in [-0.15, -0.1) is 0 Å². The van der Waals surface area contributed by atoms with E-state index < -0.39 is 0 Å². The molecule has 0 aliphatic heterocycles. The van der Waals surface area contributed by atoms with Crippen LogP contribution in [-0.4, -0.2) is 41.0 Å². The zero-order valence-electron chi connectivity index (χ0n) is 16.5. The number of aromatic nitrogens is 2. The highest BCUT2D eigenvalue weighted by molar-refractivity contribution is 6.05. The molecule has 0 atom stereocenters. The van der Waals surface area contributed by atoms with Crippen molar-refractivity contribution in [1.29, 1.82) is 0 Å². The fourth-order valence-electron chi connectivity index (χ4n) is 3.36. The summed E-state index contributed by atoms with van der Waals surface area (Å²) in [5.74, 6) is 0.525. The van der Waals surface area contributed by atoms with E-state index in [0.717, 1.165) is 39.8 Å². The molecule has 7 nitrogen and oxygen atoms in total. The highest BCUT2D eigenvalue weighted by Crippen LogP contribution is 2.30. The van der Waals surface area contributed by atoms with Gasteiger partial charge in [0.05, 0.1) is 12.8 Å². The maximum atomic E-state index is 9.21. The summed E-state index contributed by atoms with van der Waals surface area (Å²) in [7, 11) is 0. The topological polar surface area (TPSA) is 86.8 Å². The molecule has 0 spiro atoms. The molecular formula is C22H23N5O2. The molecule has 2 aromatic carbocycles. The molecular weight excluding hydrogens is 366 g/mol. The van der Waals surface area contributed by atoms with Gasteiger partial charge >= 0.3 is 0 Å². The van der Waals surface area contributed by atoms with Gasteiger partial charge in [0.1, 0.15) is 17.4 Å². The number of aliphatic hydroxyl groups excluding tert-OH is 1. The first-order valence-corrected chi connectivity index (χ1v) is 9.59. The van der Waals surface area contributed by atoms with Crippen molar-refractivity contribution < 1.29 is 9.52 Å². The van der Waals surface area contributed by atoms with E-state index in [1.165, 1.54) is 6.33 Å². The van der Waals surface area contributed by atoms with Crippen molar-refractivity contribution >= 4 is 39.8 Å². The number of nitrogens with zero attached hydrogens (tertiary/aromatic N) is 4. The number of fused-ring (bicyclic) bond motifs is 3. The fourth-order valence-corrected chi connectivity index (χ4v) is 3.36. The lowest BCUT2D eigenvalue weighted by Gasteiger charge is -2.22. The molecule has 0 fully saturated rings. The fraction of sp³-hybridized carbons (Fsp3) is 0.227. The van der Waals surface area contributed by atoms with E-state index in [-0.39, 0.29) is 6.61 Å². The highest BCUT2D eigenvalue weighted by atomic mass is 16.3. The Morgan fingerprint density at radius 2 is 2.07 bits per heavy atom. The van der Waals surface area contributed by atoms with Crippen LogP contribution in [0.15, 0.2) is 58.3 Å². The van der Waals surface area contributed by atoms with Gasteiger partial charge in [-0.05, 0) is 49.2 Å². The number of para-hydroxylation sites is 1. The average Bonchev–Trinajstić information content (AvgIpc) is 3.13. The normalized spacial score (nSPS) is 11.6. The molecule has 0 radical (unpaired) electrons. The number of rotatable bonds is 7. The van der Waals surface area contributed by atoms with Gasteiger partial charge in [0, 0.05) is 24.2 Å². The molecule has 0 saturated carbocycles. The number of anilines is 2. The molecule has 0 amide bonds. The number of aliphatic hydroxyl groups is 1. The van der Waals surface area contributed by atoms with E-state index in [2.05, 4.69) is 38.4 Å². The Balaban J connectivity index is 1.56. The predicted octanol–water partition coefficient (Wildman–Crippen LogP) is 3.95. The largest absolute Gasteiger partial charge is 0.450 e. The predicted molar refractivity (Wildman–Crippen MR) is 117 cm³/mol. The van der Waals surface area contributed by atoms with Crippen LogP contribution in [0.2, 0.25) is 0 Å². The van der Waals surface area contributed by atoms with Gasteiger partial charge in [-0.25, -0.2) is 9.97 Å². The zero-order valence-corrected chi connectivity index (χ0v) is 16.5. The van der Waals surface area contributed by atoms with Crippen LogP contribution < -0.4 is 10.3 Å². The number of likely N-dealkylation sites (N-methyl/N-ethyl adjacent to an activating group) is 1. The lowest BCUT2D eigenvalue weighted by Crippen LogP contribution is -2.26. The quantitative estimate of drug-likeness (QED) is 0.368. The average molecular weight is 389 g/mol. The van der Waals surface area contributed by atoms with Gasteiger partial charge < -0.3 is 14.4 Å². The first kappa shape index (κ1) is 18.9. The molecule has 148 valence electrons.